The van der Waals surface area contributed by atoms with Crippen LogP contribution in [0.2, 0.25) is 0 Å². The minimum Gasteiger partial charge on any atom is -0.408 e. The Kier molecular flexibility index (Phi) is 4.57. The van der Waals surface area contributed by atoms with Crippen LogP contribution in [-0.2, 0) is 18.8 Å². The largest absolute Gasteiger partial charge is 0.419 e. The van der Waals surface area contributed by atoms with Gasteiger partial charge in [-0.2, -0.15) is 5.10 Å². The summed E-state index contributed by atoms with van der Waals surface area (Å²) in [7, 11) is 4.98. The number of methoxy groups -OCH3 is 1. The summed E-state index contributed by atoms with van der Waals surface area (Å²) in [4.78, 5) is 23.8. The van der Waals surface area contributed by atoms with Crippen molar-refractivity contribution in [2.75, 3.05) is 19.0 Å². The molecule has 0 bridgehead atoms. The molecule has 9 heteroatoms. The van der Waals surface area contributed by atoms with Gasteiger partial charge in [-0.25, -0.2) is 9.59 Å². The van der Waals surface area contributed by atoms with E-state index in [4.69, 9.17) is 9.15 Å². The third-order valence-electron chi connectivity index (χ3n) is 3.90. The average molecular weight is 345 g/mol. The van der Waals surface area contributed by atoms with Crippen molar-refractivity contribution in [2.24, 2.45) is 14.1 Å². The van der Waals surface area contributed by atoms with Gasteiger partial charge < -0.3 is 19.8 Å². The van der Waals surface area contributed by atoms with Crippen LogP contribution in [0.15, 0.2) is 39.7 Å². The van der Waals surface area contributed by atoms with E-state index in [9.17, 15) is 9.59 Å². The lowest BCUT2D eigenvalue weighted by Crippen LogP contribution is -2.35. The molecule has 0 fully saturated rings. The molecule has 0 saturated heterocycles. The molecule has 2 N–H and O–H groups in total. The van der Waals surface area contributed by atoms with Crippen molar-refractivity contribution in [2.45, 2.75) is 6.04 Å². The van der Waals surface area contributed by atoms with Gasteiger partial charge in [-0.05, 0) is 18.2 Å². The second-order valence-electron chi connectivity index (χ2n) is 5.60. The van der Waals surface area contributed by atoms with Crippen molar-refractivity contribution in [1.82, 2.24) is 19.7 Å². The zero-order valence-electron chi connectivity index (χ0n) is 14.1. The lowest BCUT2D eigenvalue weighted by molar-refractivity contribution is 0.165. The van der Waals surface area contributed by atoms with Crippen LogP contribution < -0.4 is 16.4 Å². The van der Waals surface area contributed by atoms with E-state index in [1.54, 1.807) is 50.3 Å². The lowest BCUT2D eigenvalue weighted by Gasteiger charge is -2.18. The van der Waals surface area contributed by atoms with Gasteiger partial charge in [0.05, 0.1) is 23.9 Å². The van der Waals surface area contributed by atoms with E-state index in [0.29, 0.717) is 23.4 Å². The van der Waals surface area contributed by atoms with Crippen LogP contribution in [0.3, 0.4) is 0 Å². The molecule has 0 spiro atoms. The number of urea groups is 1. The molecule has 3 aromatic rings. The average Bonchev–Trinajstić information content (AvgIpc) is 3.11. The Bertz CT molecular complexity index is 955. The maximum Gasteiger partial charge on any atom is 0.419 e. The molecule has 1 unspecified atom stereocenters. The SMILES string of the molecule is COCC(NC(=O)Nc1ccc2c(c1)oc(=O)n2C)c1ccnn1C. The molecule has 9 nitrogen and oxygen atoms in total. The Morgan fingerprint density at radius 3 is 2.84 bits per heavy atom. The molecule has 0 aliphatic carbocycles. The molecule has 0 aliphatic rings. The molecular weight excluding hydrogens is 326 g/mol. The van der Waals surface area contributed by atoms with E-state index < -0.39 is 11.8 Å². The normalized spacial score (nSPS) is 12.3. The number of nitrogens with one attached hydrogen (secondary N) is 2. The van der Waals surface area contributed by atoms with E-state index >= 15 is 0 Å². The number of carbonyl (C=O) groups excluding carboxylic acids is 1. The highest BCUT2D eigenvalue weighted by Crippen LogP contribution is 2.18. The zero-order valence-corrected chi connectivity index (χ0v) is 14.1. The predicted molar refractivity (Wildman–Crippen MR) is 91.4 cm³/mol. The van der Waals surface area contributed by atoms with Gasteiger partial charge in [0, 0.05) is 39.2 Å². The Morgan fingerprint density at radius 1 is 1.36 bits per heavy atom. The maximum absolute atomic E-state index is 12.3. The molecule has 0 saturated carbocycles. The number of oxazole rings is 1. The number of nitrogens with zero attached hydrogens (tertiary/aromatic N) is 3. The number of fused-ring (bicyclic) bond motifs is 1. The van der Waals surface area contributed by atoms with Crippen LogP contribution >= 0.6 is 0 Å². The van der Waals surface area contributed by atoms with Gasteiger partial charge in [-0.1, -0.05) is 0 Å². The number of aryl methyl sites for hydroxylation is 2. The van der Waals surface area contributed by atoms with Crippen molar-refractivity contribution in [1.29, 1.82) is 0 Å². The van der Waals surface area contributed by atoms with Crippen molar-refractivity contribution >= 4 is 22.8 Å². The number of rotatable bonds is 5. The number of ether oxygens (including phenoxy) is 1. The Morgan fingerprint density at radius 2 is 2.16 bits per heavy atom. The Labute approximate surface area is 143 Å². The molecule has 2 amide bonds. The number of amides is 2. The van der Waals surface area contributed by atoms with E-state index in [2.05, 4.69) is 15.7 Å². The Balaban J connectivity index is 1.75. The van der Waals surface area contributed by atoms with Gasteiger partial charge in [0.1, 0.15) is 0 Å². The van der Waals surface area contributed by atoms with Crippen molar-refractivity contribution in [3.8, 4) is 0 Å². The van der Waals surface area contributed by atoms with Gasteiger partial charge in [0.2, 0.25) is 0 Å². The number of anilines is 1. The summed E-state index contributed by atoms with van der Waals surface area (Å²) in [6, 6.07) is 6.08. The van der Waals surface area contributed by atoms with Crippen LogP contribution in [0.5, 0.6) is 0 Å². The summed E-state index contributed by atoms with van der Waals surface area (Å²) in [6.07, 6.45) is 1.66. The van der Waals surface area contributed by atoms with Crippen LogP contribution in [-0.4, -0.2) is 34.1 Å². The molecule has 1 aromatic carbocycles. The van der Waals surface area contributed by atoms with Gasteiger partial charge >= 0.3 is 11.8 Å². The van der Waals surface area contributed by atoms with Gasteiger partial charge in [-0.15, -0.1) is 0 Å². The molecule has 1 atom stereocenters. The number of benzene rings is 1. The topological polar surface area (TPSA) is 103 Å². The maximum atomic E-state index is 12.3. The molecule has 2 heterocycles. The monoisotopic (exact) mass is 345 g/mol. The molecular formula is C16H19N5O4. The number of hydrogen-bond donors (Lipinski definition) is 2. The third kappa shape index (κ3) is 3.41. The van der Waals surface area contributed by atoms with Gasteiger partial charge in [-0.3, -0.25) is 9.25 Å². The number of hydrogen-bond acceptors (Lipinski definition) is 5. The second-order valence-corrected chi connectivity index (χ2v) is 5.60. The summed E-state index contributed by atoms with van der Waals surface area (Å²) in [5.41, 5.74) is 2.40. The first-order chi connectivity index (χ1) is 12.0. The van der Waals surface area contributed by atoms with E-state index in [-0.39, 0.29) is 6.04 Å². The summed E-state index contributed by atoms with van der Waals surface area (Å²) < 4.78 is 13.4. The van der Waals surface area contributed by atoms with Crippen LogP contribution in [0.1, 0.15) is 11.7 Å². The van der Waals surface area contributed by atoms with Crippen LogP contribution in [0, 0.1) is 0 Å². The molecule has 0 radical (unpaired) electrons. The quantitative estimate of drug-likeness (QED) is 0.727. The number of carbonyl (C=O) groups is 1. The minimum absolute atomic E-state index is 0.305. The highest BCUT2D eigenvalue weighted by Gasteiger charge is 2.18. The van der Waals surface area contributed by atoms with Gasteiger partial charge in [0.25, 0.3) is 0 Å². The van der Waals surface area contributed by atoms with E-state index in [1.807, 2.05) is 6.07 Å². The summed E-state index contributed by atoms with van der Waals surface area (Å²) in [6.45, 7) is 0.305. The minimum atomic E-state index is -0.451. The highest BCUT2D eigenvalue weighted by atomic mass is 16.5. The van der Waals surface area contributed by atoms with E-state index in [1.165, 1.54) is 4.57 Å². The molecule has 132 valence electrons. The fourth-order valence-corrected chi connectivity index (χ4v) is 2.63. The fraction of sp³-hybridized carbons (Fsp3) is 0.312. The molecule has 2 aromatic heterocycles. The first-order valence-electron chi connectivity index (χ1n) is 7.63. The van der Waals surface area contributed by atoms with Crippen LogP contribution in [0.25, 0.3) is 11.1 Å². The van der Waals surface area contributed by atoms with Crippen LogP contribution in [0.4, 0.5) is 10.5 Å². The smallest absolute Gasteiger partial charge is 0.408 e. The summed E-state index contributed by atoms with van der Waals surface area (Å²) in [5, 5.41) is 9.67. The highest BCUT2D eigenvalue weighted by molar-refractivity contribution is 5.91. The predicted octanol–water partition coefficient (Wildman–Crippen LogP) is 1.37. The molecule has 0 aliphatic heterocycles. The Hall–Kier alpha value is -3.07. The van der Waals surface area contributed by atoms with Crippen molar-refractivity contribution in [3.05, 3.63) is 46.7 Å². The first kappa shape index (κ1) is 16.8. The first-order valence-corrected chi connectivity index (χ1v) is 7.63. The molecule has 25 heavy (non-hydrogen) atoms. The lowest BCUT2D eigenvalue weighted by atomic mass is 10.2. The molecule has 3 rings (SSSR count). The van der Waals surface area contributed by atoms with Gasteiger partial charge in [0.15, 0.2) is 5.58 Å². The summed E-state index contributed by atoms with van der Waals surface area (Å²) >= 11 is 0. The van der Waals surface area contributed by atoms with E-state index in [0.717, 1.165) is 5.69 Å². The zero-order chi connectivity index (χ0) is 18.0. The second kappa shape index (κ2) is 6.81. The van der Waals surface area contributed by atoms with Crippen molar-refractivity contribution in [3.63, 3.8) is 0 Å². The van der Waals surface area contributed by atoms with Crippen molar-refractivity contribution < 1.29 is 13.9 Å². The summed E-state index contributed by atoms with van der Waals surface area (Å²) in [5.74, 6) is -0.451. The fourth-order valence-electron chi connectivity index (χ4n) is 2.63. The number of aromatic nitrogens is 3. The standard InChI is InChI=1S/C16H19N5O4/c1-20-13-5-4-10(8-14(13)25-16(20)23)18-15(22)19-11(9-24-3)12-6-7-17-21(12)2/h4-8,11H,9H2,1-3H3,(H2,18,19,22). The third-order valence-corrected chi connectivity index (χ3v) is 3.90.